The molecule has 0 saturated carbocycles. The number of carbonyl (C=O) groups excluding carboxylic acids is 3. The van der Waals surface area contributed by atoms with Crippen molar-refractivity contribution in [2.24, 2.45) is 0 Å². The van der Waals surface area contributed by atoms with E-state index in [1.165, 1.54) is 24.5 Å². The number of rotatable bonds is 6. The van der Waals surface area contributed by atoms with Crippen LogP contribution in [0.2, 0.25) is 0 Å². The molecular weight excluding hydrogens is 382 g/mol. The van der Waals surface area contributed by atoms with Gasteiger partial charge in [-0.2, -0.15) is 0 Å². The third-order valence-electron chi connectivity index (χ3n) is 3.84. The summed E-state index contributed by atoms with van der Waals surface area (Å²) in [5.41, 5.74) is 1.18. The first-order valence-corrected chi connectivity index (χ1v) is 9.15. The van der Waals surface area contributed by atoms with Gasteiger partial charge in [0.05, 0.1) is 17.6 Å². The van der Waals surface area contributed by atoms with Crippen LogP contribution in [0.4, 0.5) is 5.69 Å². The van der Waals surface area contributed by atoms with Crippen molar-refractivity contribution >= 4 is 34.9 Å². The number of anilines is 1. The van der Waals surface area contributed by atoms with Crippen molar-refractivity contribution in [3.05, 3.63) is 75.4 Å². The van der Waals surface area contributed by atoms with E-state index in [1.54, 1.807) is 43.3 Å². The Morgan fingerprint density at radius 1 is 1.11 bits per heavy atom. The van der Waals surface area contributed by atoms with E-state index in [4.69, 9.17) is 9.15 Å². The van der Waals surface area contributed by atoms with E-state index in [1.807, 2.05) is 5.38 Å². The molecule has 7 nitrogen and oxygen atoms in total. The summed E-state index contributed by atoms with van der Waals surface area (Å²) >= 11 is 1.34. The monoisotopic (exact) mass is 399 g/mol. The zero-order valence-corrected chi connectivity index (χ0v) is 16.0. The molecule has 0 unspecified atom stereocenters. The van der Waals surface area contributed by atoms with Crippen molar-refractivity contribution in [2.75, 3.05) is 12.4 Å². The Morgan fingerprint density at radius 3 is 2.50 bits per heavy atom. The van der Waals surface area contributed by atoms with Gasteiger partial charge in [-0.15, -0.1) is 11.3 Å². The maximum absolute atomic E-state index is 12.2. The van der Waals surface area contributed by atoms with Gasteiger partial charge in [0.1, 0.15) is 23.7 Å². The van der Waals surface area contributed by atoms with Crippen LogP contribution in [-0.4, -0.2) is 25.0 Å². The van der Waals surface area contributed by atoms with E-state index in [9.17, 15) is 14.4 Å². The van der Waals surface area contributed by atoms with E-state index >= 15 is 0 Å². The molecule has 0 bridgehead atoms. The highest BCUT2D eigenvalue weighted by atomic mass is 32.1. The summed E-state index contributed by atoms with van der Waals surface area (Å²) < 4.78 is 15.3. The number of aryl methyl sites for hydroxylation is 1. The van der Waals surface area contributed by atoms with Crippen molar-refractivity contribution < 1.29 is 28.3 Å². The molecule has 0 atom stereocenters. The third kappa shape index (κ3) is 4.47. The summed E-state index contributed by atoms with van der Waals surface area (Å²) in [7, 11) is 1.28. The van der Waals surface area contributed by atoms with Gasteiger partial charge in [-0.05, 0) is 48.7 Å². The highest BCUT2D eigenvalue weighted by Gasteiger charge is 2.17. The summed E-state index contributed by atoms with van der Waals surface area (Å²) in [5.74, 6) is -0.543. The van der Waals surface area contributed by atoms with Crippen LogP contribution in [0.1, 0.15) is 41.9 Å². The van der Waals surface area contributed by atoms with Crippen LogP contribution < -0.4 is 5.32 Å². The smallest absolute Gasteiger partial charge is 0.341 e. The lowest BCUT2D eigenvalue weighted by Crippen LogP contribution is -2.10. The van der Waals surface area contributed by atoms with Crippen LogP contribution in [-0.2, 0) is 16.1 Å². The van der Waals surface area contributed by atoms with Crippen molar-refractivity contribution in [1.29, 1.82) is 0 Å². The maximum atomic E-state index is 12.2. The minimum Gasteiger partial charge on any atom is -0.465 e. The zero-order valence-electron chi connectivity index (χ0n) is 15.2. The molecule has 2 aromatic heterocycles. The summed E-state index contributed by atoms with van der Waals surface area (Å²) in [6.45, 7) is 1.51. The first-order valence-electron chi connectivity index (χ1n) is 8.27. The van der Waals surface area contributed by atoms with E-state index in [2.05, 4.69) is 10.1 Å². The molecule has 2 heterocycles. The van der Waals surface area contributed by atoms with Crippen LogP contribution in [0.25, 0.3) is 0 Å². The molecule has 0 aliphatic carbocycles. The van der Waals surface area contributed by atoms with Gasteiger partial charge in [0, 0.05) is 5.69 Å². The molecule has 3 aromatic rings. The number of methoxy groups -OCH3 is 1. The van der Waals surface area contributed by atoms with E-state index in [-0.39, 0.29) is 12.5 Å². The molecule has 144 valence electrons. The van der Waals surface area contributed by atoms with Crippen molar-refractivity contribution in [3.63, 3.8) is 0 Å². The topological polar surface area (TPSA) is 94.8 Å². The lowest BCUT2D eigenvalue weighted by Gasteiger charge is -2.06. The minimum atomic E-state index is -0.551. The number of carbonyl (C=O) groups is 3. The Hall–Kier alpha value is -3.39. The average Bonchev–Trinajstić information content (AvgIpc) is 3.36. The number of amides is 1. The first-order chi connectivity index (χ1) is 13.5. The highest BCUT2D eigenvalue weighted by Crippen LogP contribution is 2.18. The molecule has 0 aliphatic heterocycles. The normalized spacial score (nSPS) is 10.4. The number of thiophene rings is 1. The summed E-state index contributed by atoms with van der Waals surface area (Å²) in [6, 6.07) is 11.4. The van der Waals surface area contributed by atoms with E-state index in [0.29, 0.717) is 33.2 Å². The molecule has 28 heavy (non-hydrogen) atoms. The van der Waals surface area contributed by atoms with Gasteiger partial charge in [0.15, 0.2) is 0 Å². The summed E-state index contributed by atoms with van der Waals surface area (Å²) in [6.07, 6.45) is 0. The van der Waals surface area contributed by atoms with E-state index in [0.717, 1.165) is 0 Å². The van der Waals surface area contributed by atoms with Crippen molar-refractivity contribution in [2.45, 2.75) is 13.5 Å². The van der Waals surface area contributed by atoms with Gasteiger partial charge in [0.25, 0.3) is 5.91 Å². The average molecular weight is 399 g/mol. The Morgan fingerprint density at radius 2 is 1.86 bits per heavy atom. The van der Waals surface area contributed by atoms with Crippen LogP contribution in [0.3, 0.4) is 0 Å². The van der Waals surface area contributed by atoms with Crippen molar-refractivity contribution in [3.8, 4) is 0 Å². The maximum Gasteiger partial charge on any atom is 0.341 e. The number of benzene rings is 1. The second-order valence-corrected chi connectivity index (χ2v) is 6.71. The number of esters is 2. The molecule has 1 N–H and O–H groups in total. The minimum absolute atomic E-state index is 0.118. The third-order valence-corrected chi connectivity index (χ3v) is 4.71. The second-order valence-electron chi connectivity index (χ2n) is 5.76. The van der Waals surface area contributed by atoms with E-state index < -0.39 is 11.9 Å². The molecule has 0 spiro atoms. The lowest BCUT2D eigenvalue weighted by molar-refractivity contribution is 0.0444. The Kier molecular flexibility index (Phi) is 5.90. The predicted molar refractivity (Wildman–Crippen MR) is 103 cm³/mol. The lowest BCUT2D eigenvalue weighted by atomic mass is 10.2. The fourth-order valence-corrected chi connectivity index (χ4v) is 3.06. The van der Waals surface area contributed by atoms with Gasteiger partial charge >= 0.3 is 11.9 Å². The molecular formula is C20H17NO6S. The Balaban J connectivity index is 1.57. The number of ether oxygens (including phenoxy) is 2. The van der Waals surface area contributed by atoms with Gasteiger partial charge < -0.3 is 19.2 Å². The largest absolute Gasteiger partial charge is 0.465 e. The fourth-order valence-electron chi connectivity index (χ4n) is 2.44. The SMILES string of the molecule is COC(=O)c1cc(COC(=O)c2ccc(NC(=O)c3cccs3)cc2)oc1C. The quantitative estimate of drug-likeness (QED) is 0.629. The van der Waals surface area contributed by atoms with Gasteiger partial charge in [-0.25, -0.2) is 9.59 Å². The van der Waals surface area contributed by atoms with Crippen molar-refractivity contribution in [1.82, 2.24) is 0 Å². The number of nitrogens with one attached hydrogen (secondary N) is 1. The Bertz CT molecular complexity index is 988. The first kappa shape index (κ1) is 19.4. The van der Waals surface area contributed by atoms with Crippen LogP contribution in [0.5, 0.6) is 0 Å². The molecule has 0 radical (unpaired) electrons. The Labute approximate surface area is 164 Å². The molecule has 0 fully saturated rings. The molecule has 3 rings (SSSR count). The molecule has 1 aromatic carbocycles. The number of hydrogen-bond acceptors (Lipinski definition) is 7. The van der Waals surface area contributed by atoms with Crippen LogP contribution in [0.15, 0.2) is 52.3 Å². The van der Waals surface area contributed by atoms with Gasteiger partial charge in [-0.3, -0.25) is 4.79 Å². The highest BCUT2D eigenvalue weighted by molar-refractivity contribution is 7.12. The second kappa shape index (κ2) is 8.53. The molecule has 0 aliphatic rings. The molecule has 8 heteroatoms. The summed E-state index contributed by atoms with van der Waals surface area (Å²) in [5, 5.41) is 4.58. The van der Waals surface area contributed by atoms with Crippen LogP contribution >= 0.6 is 11.3 Å². The molecule has 0 saturated heterocycles. The number of hydrogen-bond donors (Lipinski definition) is 1. The standard InChI is InChI=1S/C20H17NO6S/c1-12-16(20(24)25-2)10-15(27-12)11-26-19(23)13-5-7-14(8-6-13)21-18(22)17-4-3-9-28-17/h3-10H,11H2,1-2H3,(H,21,22). The zero-order chi connectivity index (χ0) is 20.1. The predicted octanol–water partition coefficient (Wildman–Crippen LogP) is 4.05. The summed E-state index contributed by atoms with van der Waals surface area (Å²) in [4.78, 5) is 36.4. The van der Waals surface area contributed by atoms with Crippen LogP contribution in [0, 0.1) is 6.92 Å². The van der Waals surface area contributed by atoms with Gasteiger partial charge in [0.2, 0.25) is 0 Å². The van der Waals surface area contributed by atoms with Gasteiger partial charge in [-0.1, -0.05) is 6.07 Å². The number of furan rings is 1. The molecule has 1 amide bonds. The fraction of sp³-hybridized carbons (Fsp3) is 0.150.